The number of carboxylic acids is 1. The minimum atomic E-state index is -1.77. The molecule has 2 heterocycles. The van der Waals surface area contributed by atoms with E-state index in [2.05, 4.69) is 47.6 Å². The highest BCUT2D eigenvalue weighted by Gasteiger charge is 2.71. The van der Waals surface area contributed by atoms with Crippen LogP contribution in [0.15, 0.2) is 11.6 Å². The topological polar surface area (TPSA) is 222 Å². The van der Waals surface area contributed by atoms with Crippen LogP contribution in [0.25, 0.3) is 0 Å². The van der Waals surface area contributed by atoms with Gasteiger partial charge in [-0.3, -0.25) is 4.79 Å². The number of ether oxygens (including phenoxy) is 5. The van der Waals surface area contributed by atoms with Crippen LogP contribution in [0.4, 0.5) is 0 Å². The molecule has 0 amide bonds. The average Bonchev–Trinajstić information content (AvgIpc) is 3.17. The van der Waals surface area contributed by atoms with E-state index in [-0.39, 0.29) is 47.2 Å². The lowest BCUT2D eigenvalue weighted by atomic mass is 9.33. The van der Waals surface area contributed by atoms with Gasteiger partial charge in [0, 0.05) is 5.92 Å². The zero-order valence-electron chi connectivity index (χ0n) is 36.3. The number of hydrogen-bond acceptors (Lipinski definition) is 13. The van der Waals surface area contributed by atoms with E-state index >= 15 is 0 Å². The van der Waals surface area contributed by atoms with Crippen LogP contribution in [-0.4, -0.2) is 128 Å². The van der Waals surface area contributed by atoms with E-state index in [1.54, 1.807) is 0 Å². The number of aliphatic hydroxyl groups is 6. The van der Waals surface area contributed by atoms with Crippen LogP contribution in [0.2, 0.25) is 0 Å². The van der Waals surface area contributed by atoms with E-state index in [9.17, 15) is 45.3 Å². The Morgan fingerprint density at radius 3 is 2.22 bits per heavy atom. The number of aliphatic carboxylic acids is 1. The number of carbonyl (C=O) groups excluding carboxylic acids is 1. The van der Waals surface area contributed by atoms with Crippen molar-refractivity contribution in [2.75, 3.05) is 13.2 Å². The van der Waals surface area contributed by atoms with Crippen molar-refractivity contribution in [1.29, 1.82) is 0 Å². The molecule has 0 spiro atoms. The van der Waals surface area contributed by atoms with E-state index in [0.717, 1.165) is 44.1 Å². The Labute approximate surface area is 349 Å². The quantitative estimate of drug-likeness (QED) is 0.0760. The lowest BCUT2D eigenvalue weighted by molar-refractivity contribution is -0.366. The number of esters is 1. The molecule has 59 heavy (non-hydrogen) atoms. The summed E-state index contributed by atoms with van der Waals surface area (Å²) in [7, 11) is 0. The fraction of sp³-hybridized carbons (Fsp3) is 0.911. The van der Waals surface area contributed by atoms with Gasteiger partial charge in [0.15, 0.2) is 18.7 Å². The molecule has 0 aromatic carbocycles. The summed E-state index contributed by atoms with van der Waals surface area (Å²) in [6.45, 7) is 17.1. The summed E-state index contributed by atoms with van der Waals surface area (Å²) in [6, 6.07) is 0. The number of aliphatic hydroxyl groups excluding tert-OH is 5. The fourth-order valence-electron chi connectivity index (χ4n) is 14.0. The first kappa shape index (κ1) is 45.3. The first-order chi connectivity index (χ1) is 27.5. The van der Waals surface area contributed by atoms with Crippen LogP contribution in [0.5, 0.6) is 0 Å². The molecule has 0 bridgehead atoms. The van der Waals surface area contributed by atoms with Crippen molar-refractivity contribution in [3.8, 4) is 0 Å². The predicted octanol–water partition coefficient (Wildman–Crippen LogP) is 3.84. The number of allylic oxidation sites excluding steroid dienone is 1. The van der Waals surface area contributed by atoms with Crippen molar-refractivity contribution in [1.82, 2.24) is 0 Å². The van der Waals surface area contributed by atoms with Gasteiger partial charge in [0.05, 0.1) is 30.3 Å². The summed E-state index contributed by atoms with van der Waals surface area (Å²) in [5.41, 5.74) is -2.08. The fourth-order valence-corrected chi connectivity index (χ4v) is 14.0. The molecule has 7 rings (SSSR count). The number of hydrogen-bond donors (Lipinski definition) is 7. The van der Waals surface area contributed by atoms with Crippen molar-refractivity contribution >= 4 is 11.9 Å². The van der Waals surface area contributed by atoms with E-state index in [4.69, 9.17) is 23.7 Å². The molecule has 19 atom stereocenters. The third kappa shape index (κ3) is 6.88. The Kier molecular flexibility index (Phi) is 12.1. The third-order valence-electron chi connectivity index (χ3n) is 18.0. The van der Waals surface area contributed by atoms with E-state index in [1.165, 1.54) is 0 Å². The maximum Gasteiger partial charge on any atom is 0.338 e. The van der Waals surface area contributed by atoms with Gasteiger partial charge in [0.2, 0.25) is 0 Å². The van der Waals surface area contributed by atoms with E-state index < -0.39 is 95.7 Å². The molecule has 6 fully saturated rings. The molecule has 7 N–H and O–H groups in total. The van der Waals surface area contributed by atoms with E-state index in [0.29, 0.717) is 32.1 Å². The second-order valence-electron chi connectivity index (χ2n) is 21.1. The number of unbranched alkanes of at least 4 members (excludes halogenated alkanes) is 1. The van der Waals surface area contributed by atoms with Gasteiger partial charge >= 0.3 is 11.9 Å². The van der Waals surface area contributed by atoms with Gasteiger partial charge in [-0.1, -0.05) is 66.5 Å². The minimum absolute atomic E-state index is 0.0256. The number of fused-ring (bicyclic) bond motifs is 7. The van der Waals surface area contributed by atoms with Crippen LogP contribution in [-0.2, 0) is 33.3 Å². The van der Waals surface area contributed by atoms with Gasteiger partial charge in [0.1, 0.15) is 36.6 Å². The minimum Gasteiger partial charge on any atom is -0.481 e. The average molecular weight is 837 g/mol. The second kappa shape index (κ2) is 15.8. The van der Waals surface area contributed by atoms with Gasteiger partial charge in [-0.2, -0.15) is 0 Å². The molecular formula is C45H72O14. The zero-order valence-corrected chi connectivity index (χ0v) is 36.3. The monoisotopic (exact) mass is 836 g/mol. The summed E-state index contributed by atoms with van der Waals surface area (Å²) in [6.07, 6.45) is -4.37. The number of carbonyl (C=O) groups is 2. The number of carboxylic acid groups (broad SMARTS) is 1. The van der Waals surface area contributed by atoms with Crippen molar-refractivity contribution in [3.63, 3.8) is 0 Å². The maximum atomic E-state index is 13.2. The first-order valence-corrected chi connectivity index (χ1v) is 22.3. The molecule has 2 aliphatic heterocycles. The van der Waals surface area contributed by atoms with Crippen LogP contribution in [0, 0.1) is 50.7 Å². The highest BCUT2D eigenvalue weighted by atomic mass is 16.8. The molecule has 14 heteroatoms. The lowest BCUT2D eigenvalue weighted by Gasteiger charge is -2.72. The van der Waals surface area contributed by atoms with Gasteiger partial charge in [-0.05, 0) is 111 Å². The second-order valence-corrected chi connectivity index (χ2v) is 21.1. The summed E-state index contributed by atoms with van der Waals surface area (Å²) < 4.78 is 29.9. The first-order valence-electron chi connectivity index (χ1n) is 22.3. The molecule has 14 nitrogen and oxygen atoms in total. The Hall–Kier alpha value is -1.72. The highest BCUT2D eigenvalue weighted by Crippen LogP contribution is 2.76. The molecule has 0 unspecified atom stereocenters. The van der Waals surface area contributed by atoms with Crippen molar-refractivity contribution in [3.05, 3.63) is 11.6 Å². The van der Waals surface area contributed by atoms with Crippen LogP contribution in [0.1, 0.15) is 126 Å². The molecule has 336 valence electrons. The molecule has 0 radical (unpaired) electrons. The Balaban J connectivity index is 1.17. The lowest BCUT2D eigenvalue weighted by Crippen LogP contribution is -2.68. The molecule has 0 aromatic rings. The summed E-state index contributed by atoms with van der Waals surface area (Å²) in [5, 5.41) is 76.8. The highest BCUT2D eigenvalue weighted by molar-refractivity contribution is 5.77. The van der Waals surface area contributed by atoms with Crippen molar-refractivity contribution in [2.45, 2.75) is 193 Å². The zero-order chi connectivity index (χ0) is 43.2. The molecule has 7 aliphatic rings. The standard InChI is InChI=1S/C45H72O14/c1-9-10-21-55-36(51)33-30(48)31(49)34(59-37-32(50)29(47)25(46)22-56-37)38(58-33)57-28-15-16-41(5)26(40(28,3)4)14-17-43(7)27(41)12-11-24-35-44(8,54)23(2)13-18-45(35,39(52)53)20-19-42(24,43)6/h11,23,25-35,37-38,46-50,54H,9-10,12-22H2,1-8H3,(H,52,53)/t23-,25+,26+,27-,28+,29+,30+,31+,32-,33+,34-,35-,37+,38-,41+,42-,43-,44-,45+/m1/s1. The summed E-state index contributed by atoms with van der Waals surface area (Å²) in [4.78, 5) is 26.4. The van der Waals surface area contributed by atoms with E-state index in [1.807, 2.05) is 13.8 Å². The molecule has 0 aromatic heterocycles. The SMILES string of the molecule is CCCCOC(=O)[C@H]1O[C@@H](O[C@H]2CC[C@]3(C)[C@H]4CC=C5[C@H]6[C@](C(=O)O)(CC[C@@H](C)[C@@]6(C)O)CC[C@@]5(C)[C@]4(C)CC[C@H]3C2(C)C)[C@H](O[C@@H]2OC[C@H](O)[C@H](O)[C@H]2O)[C@@H](O)[C@@H]1O. The number of rotatable bonds is 9. The Bertz CT molecular complexity index is 1620. The van der Waals surface area contributed by atoms with Crippen molar-refractivity contribution in [2.24, 2.45) is 50.7 Å². The van der Waals surface area contributed by atoms with Gasteiger partial charge < -0.3 is 59.4 Å². The van der Waals surface area contributed by atoms with Gasteiger partial charge in [-0.15, -0.1) is 0 Å². The third-order valence-corrected chi connectivity index (χ3v) is 18.0. The Morgan fingerprint density at radius 2 is 1.54 bits per heavy atom. The summed E-state index contributed by atoms with van der Waals surface area (Å²) in [5.74, 6) is -1.70. The maximum absolute atomic E-state index is 13.2. The molecule has 5 aliphatic carbocycles. The predicted molar refractivity (Wildman–Crippen MR) is 212 cm³/mol. The van der Waals surface area contributed by atoms with Gasteiger partial charge in [-0.25, -0.2) is 4.79 Å². The van der Waals surface area contributed by atoms with Crippen LogP contribution < -0.4 is 0 Å². The van der Waals surface area contributed by atoms with Crippen molar-refractivity contribution < 1.29 is 69.0 Å². The van der Waals surface area contributed by atoms with Crippen LogP contribution >= 0.6 is 0 Å². The van der Waals surface area contributed by atoms with Crippen LogP contribution in [0.3, 0.4) is 0 Å². The molecular weight excluding hydrogens is 764 g/mol. The largest absolute Gasteiger partial charge is 0.481 e. The summed E-state index contributed by atoms with van der Waals surface area (Å²) >= 11 is 0. The smallest absolute Gasteiger partial charge is 0.338 e. The Morgan fingerprint density at radius 1 is 0.831 bits per heavy atom. The molecule has 2 saturated heterocycles. The van der Waals surface area contributed by atoms with Gasteiger partial charge in [0.25, 0.3) is 0 Å². The molecule has 4 saturated carbocycles. The normalized spacial score (nSPS) is 51.9.